The molecule has 7 nitrogen and oxygen atoms in total. The number of nitrogens with one attached hydrogen (secondary N) is 2. The number of aromatic nitrogens is 2. The van der Waals surface area contributed by atoms with Gasteiger partial charge in [-0.3, -0.25) is 4.79 Å². The molecule has 0 bridgehead atoms. The van der Waals surface area contributed by atoms with Gasteiger partial charge >= 0.3 is 0 Å². The van der Waals surface area contributed by atoms with Gasteiger partial charge in [-0.2, -0.15) is 5.10 Å². The summed E-state index contributed by atoms with van der Waals surface area (Å²) < 4.78 is 5.41. The number of morpholine rings is 1. The summed E-state index contributed by atoms with van der Waals surface area (Å²) in [7, 11) is 0. The highest BCUT2D eigenvalue weighted by Crippen LogP contribution is 2.25. The number of amides is 1. The Bertz CT molecular complexity index is 1200. The van der Waals surface area contributed by atoms with Crippen LogP contribution in [0, 0.1) is 0 Å². The number of rotatable bonds is 6. The fraction of sp³-hybridized carbons (Fsp3) is 0.160. The highest BCUT2D eigenvalue weighted by Gasteiger charge is 2.12. The first-order chi connectivity index (χ1) is 16.2. The minimum atomic E-state index is -0.141. The summed E-state index contributed by atoms with van der Waals surface area (Å²) in [5.41, 5.74) is 4.33. The van der Waals surface area contributed by atoms with Gasteiger partial charge in [0, 0.05) is 41.0 Å². The average molecular weight is 458 g/mol. The highest BCUT2D eigenvalue weighted by molar-refractivity contribution is 7.13. The third-order valence-electron chi connectivity index (χ3n) is 5.38. The Balaban J connectivity index is 1.20. The lowest BCUT2D eigenvalue weighted by atomic mass is 10.1. The fourth-order valence-corrected chi connectivity index (χ4v) is 4.36. The first-order valence-electron chi connectivity index (χ1n) is 10.7. The number of anilines is 4. The predicted molar refractivity (Wildman–Crippen MR) is 132 cm³/mol. The van der Waals surface area contributed by atoms with Crippen molar-refractivity contribution in [1.82, 2.24) is 10.2 Å². The second-order valence-electron chi connectivity index (χ2n) is 7.61. The number of ether oxygens (including phenoxy) is 1. The van der Waals surface area contributed by atoms with Crippen molar-refractivity contribution in [3.63, 3.8) is 0 Å². The van der Waals surface area contributed by atoms with E-state index < -0.39 is 0 Å². The van der Waals surface area contributed by atoms with E-state index in [2.05, 4.69) is 31.8 Å². The Kier molecular flexibility index (Phi) is 6.27. The van der Waals surface area contributed by atoms with Gasteiger partial charge in [0.05, 0.1) is 25.1 Å². The molecular weight excluding hydrogens is 434 g/mol. The standard InChI is InChI=1S/C25H23N5O2S/c31-25(19-5-3-18(4-6-19)23-2-1-15-33-23)28-21-9-7-20(8-10-21)27-24-16-22(17-26-29-24)30-11-13-32-14-12-30/h1-10,15-17H,11-14H2,(H,27,29)(H,28,31). The summed E-state index contributed by atoms with van der Waals surface area (Å²) in [6, 6.07) is 21.2. The van der Waals surface area contributed by atoms with Crippen LogP contribution >= 0.6 is 11.3 Å². The Hall–Kier alpha value is -3.75. The van der Waals surface area contributed by atoms with Crippen molar-refractivity contribution in [2.75, 3.05) is 41.8 Å². The molecule has 2 N–H and O–H groups in total. The molecule has 3 heterocycles. The molecule has 0 saturated carbocycles. The molecule has 1 fully saturated rings. The maximum Gasteiger partial charge on any atom is 0.255 e. The van der Waals surface area contributed by atoms with Gasteiger partial charge in [-0.15, -0.1) is 16.4 Å². The zero-order valence-electron chi connectivity index (χ0n) is 17.9. The number of benzene rings is 2. The normalized spacial score (nSPS) is 13.5. The van der Waals surface area contributed by atoms with E-state index in [9.17, 15) is 4.79 Å². The van der Waals surface area contributed by atoms with E-state index in [0.29, 0.717) is 11.4 Å². The summed E-state index contributed by atoms with van der Waals surface area (Å²) in [5, 5.41) is 16.6. The molecule has 1 amide bonds. The third kappa shape index (κ3) is 5.19. The van der Waals surface area contributed by atoms with Crippen LogP contribution < -0.4 is 15.5 Å². The Morgan fingerprint density at radius 2 is 1.73 bits per heavy atom. The Labute approximate surface area is 196 Å². The van der Waals surface area contributed by atoms with Crippen LogP contribution in [0.4, 0.5) is 22.9 Å². The molecule has 0 aliphatic carbocycles. The second kappa shape index (κ2) is 9.81. The summed E-state index contributed by atoms with van der Waals surface area (Å²) in [6.45, 7) is 3.13. The number of carbonyl (C=O) groups is 1. The van der Waals surface area contributed by atoms with Crippen LogP contribution in [0.2, 0.25) is 0 Å². The van der Waals surface area contributed by atoms with E-state index in [0.717, 1.165) is 48.9 Å². The van der Waals surface area contributed by atoms with Crippen molar-refractivity contribution in [3.8, 4) is 10.4 Å². The fourth-order valence-electron chi connectivity index (χ4n) is 3.63. The Morgan fingerprint density at radius 3 is 2.45 bits per heavy atom. The SMILES string of the molecule is O=C(Nc1ccc(Nc2cc(N3CCOCC3)cnn2)cc1)c1ccc(-c2cccs2)cc1. The van der Waals surface area contributed by atoms with Gasteiger partial charge in [0.2, 0.25) is 0 Å². The minimum absolute atomic E-state index is 0.141. The maximum atomic E-state index is 12.6. The van der Waals surface area contributed by atoms with Crippen molar-refractivity contribution in [1.29, 1.82) is 0 Å². The highest BCUT2D eigenvalue weighted by atomic mass is 32.1. The summed E-state index contributed by atoms with van der Waals surface area (Å²) >= 11 is 1.68. The number of hydrogen-bond acceptors (Lipinski definition) is 7. The molecule has 4 aromatic rings. The van der Waals surface area contributed by atoms with Crippen molar-refractivity contribution < 1.29 is 9.53 Å². The molecule has 1 saturated heterocycles. The van der Waals surface area contributed by atoms with E-state index in [-0.39, 0.29) is 5.91 Å². The van der Waals surface area contributed by atoms with Gasteiger partial charge in [0.1, 0.15) is 0 Å². The summed E-state index contributed by atoms with van der Waals surface area (Å²) in [6.07, 6.45) is 1.77. The van der Waals surface area contributed by atoms with Crippen LogP contribution in [0.15, 0.2) is 78.3 Å². The zero-order chi connectivity index (χ0) is 22.5. The van der Waals surface area contributed by atoms with Crippen LogP contribution in [0.1, 0.15) is 10.4 Å². The number of thiophene rings is 1. The molecule has 0 unspecified atom stereocenters. The molecule has 1 aliphatic heterocycles. The van der Waals surface area contributed by atoms with E-state index in [1.54, 1.807) is 17.5 Å². The Morgan fingerprint density at radius 1 is 0.970 bits per heavy atom. The van der Waals surface area contributed by atoms with Gasteiger partial charge in [-0.1, -0.05) is 18.2 Å². The monoisotopic (exact) mass is 457 g/mol. The third-order valence-corrected chi connectivity index (χ3v) is 6.30. The first-order valence-corrected chi connectivity index (χ1v) is 11.6. The molecule has 33 heavy (non-hydrogen) atoms. The van der Waals surface area contributed by atoms with Gasteiger partial charge < -0.3 is 20.3 Å². The largest absolute Gasteiger partial charge is 0.378 e. The van der Waals surface area contributed by atoms with Crippen LogP contribution in [-0.4, -0.2) is 42.4 Å². The van der Waals surface area contributed by atoms with Crippen molar-refractivity contribution in [2.45, 2.75) is 0 Å². The lowest BCUT2D eigenvalue weighted by Crippen LogP contribution is -2.36. The van der Waals surface area contributed by atoms with Crippen LogP contribution in [0.25, 0.3) is 10.4 Å². The van der Waals surface area contributed by atoms with Crippen molar-refractivity contribution in [3.05, 3.63) is 83.9 Å². The molecule has 5 rings (SSSR count). The molecule has 0 atom stereocenters. The zero-order valence-corrected chi connectivity index (χ0v) is 18.7. The molecule has 2 aromatic carbocycles. The minimum Gasteiger partial charge on any atom is -0.378 e. The van der Waals surface area contributed by atoms with Crippen molar-refractivity contribution in [2.24, 2.45) is 0 Å². The van der Waals surface area contributed by atoms with E-state index in [4.69, 9.17) is 4.74 Å². The number of nitrogens with zero attached hydrogens (tertiary/aromatic N) is 3. The van der Waals surface area contributed by atoms with Crippen LogP contribution in [-0.2, 0) is 4.74 Å². The first kappa shape index (κ1) is 21.1. The van der Waals surface area contributed by atoms with Crippen molar-refractivity contribution >= 4 is 40.1 Å². The number of hydrogen-bond donors (Lipinski definition) is 2. The molecular formula is C25H23N5O2S. The van der Waals surface area contributed by atoms with Gasteiger partial charge in [0.25, 0.3) is 5.91 Å². The van der Waals surface area contributed by atoms with Gasteiger partial charge in [-0.25, -0.2) is 0 Å². The second-order valence-corrected chi connectivity index (χ2v) is 8.56. The van der Waals surface area contributed by atoms with Crippen LogP contribution in [0.3, 0.4) is 0 Å². The molecule has 0 radical (unpaired) electrons. The predicted octanol–water partition coefficient (Wildman–Crippen LogP) is 5.04. The molecule has 8 heteroatoms. The topological polar surface area (TPSA) is 79.4 Å². The average Bonchev–Trinajstić information content (AvgIpc) is 3.41. The molecule has 166 valence electrons. The molecule has 1 aliphatic rings. The van der Waals surface area contributed by atoms with E-state index in [1.165, 1.54) is 4.88 Å². The van der Waals surface area contributed by atoms with Crippen LogP contribution in [0.5, 0.6) is 0 Å². The lowest BCUT2D eigenvalue weighted by Gasteiger charge is -2.28. The molecule has 0 spiro atoms. The lowest BCUT2D eigenvalue weighted by molar-refractivity contribution is 0.102. The van der Waals surface area contributed by atoms with E-state index >= 15 is 0 Å². The molecule has 2 aromatic heterocycles. The van der Waals surface area contributed by atoms with Gasteiger partial charge in [-0.05, 0) is 53.4 Å². The van der Waals surface area contributed by atoms with E-state index in [1.807, 2.05) is 66.0 Å². The van der Waals surface area contributed by atoms with Gasteiger partial charge in [0.15, 0.2) is 5.82 Å². The quantitative estimate of drug-likeness (QED) is 0.422. The smallest absolute Gasteiger partial charge is 0.255 e. The summed E-state index contributed by atoms with van der Waals surface area (Å²) in [4.78, 5) is 16.0. The summed E-state index contributed by atoms with van der Waals surface area (Å²) in [5.74, 6) is 0.527. The maximum absolute atomic E-state index is 12.6. The number of carbonyl (C=O) groups excluding carboxylic acids is 1.